The van der Waals surface area contributed by atoms with Gasteiger partial charge in [0.1, 0.15) is 5.75 Å². The first kappa shape index (κ1) is 16.7. The van der Waals surface area contributed by atoms with E-state index in [-0.39, 0.29) is 0 Å². The summed E-state index contributed by atoms with van der Waals surface area (Å²) in [4.78, 5) is 0. The molecule has 124 valence electrons. The van der Waals surface area contributed by atoms with E-state index >= 15 is 0 Å². The average Bonchev–Trinajstić information content (AvgIpc) is 3.21. The number of H-pyrrole nitrogens is 1. The van der Waals surface area contributed by atoms with Gasteiger partial charge in [-0.25, -0.2) is 5.10 Å². The van der Waals surface area contributed by atoms with Gasteiger partial charge >= 0.3 is 0 Å². The molecule has 0 spiro atoms. The molecule has 6 nitrogen and oxygen atoms in total. The number of hydrogen-bond donors (Lipinski definition) is 1. The van der Waals surface area contributed by atoms with Crippen LogP contribution in [0.25, 0.3) is 11.6 Å². The third kappa shape index (κ3) is 3.65. The predicted molar refractivity (Wildman–Crippen MR) is 98.0 cm³/mol. The maximum atomic E-state index is 5.75. The topological polar surface area (TPSA) is 68.3 Å². The van der Waals surface area contributed by atoms with Gasteiger partial charge in [0.2, 0.25) is 10.6 Å². The van der Waals surface area contributed by atoms with Crippen molar-refractivity contribution in [3.8, 4) is 17.3 Å². The first-order chi connectivity index (χ1) is 11.7. The van der Waals surface area contributed by atoms with Crippen molar-refractivity contribution in [1.29, 1.82) is 0 Å². The quantitative estimate of drug-likeness (QED) is 0.478. The molecule has 0 atom stereocenters. The van der Waals surface area contributed by atoms with E-state index in [1.54, 1.807) is 24.6 Å². The molecule has 0 saturated carbocycles. The molecule has 0 fully saturated rings. The van der Waals surface area contributed by atoms with Crippen molar-refractivity contribution in [2.45, 2.75) is 13.3 Å². The minimum absolute atomic E-state index is 0.378. The van der Waals surface area contributed by atoms with Gasteiger partial charge < -0.3 is 9.15 Å². The number of aromatic amines is 1. The van der Waals surface area contributed by atoms with Gasteiger partial charge in [0.15, 0.2) is 5.76 Å². The molecule has 0 aliphatic heterocycles. The minimum Gasteiger partial charge on any atom is -0.493 e. The average molecular weight is 407 g/mol. The molecule has 1 N–H and O–H groups in total. The molecule has 0 aliphatic rings. The van der Waals surface area contributed by atoms with E-state index in [0.29, 0.717) is 23.0 Å². The van der Waals surface area contributed by atoms with Crippen LogP contribution in [0.2, 0.25) is 0 Å². The van der Waals surface area contributed by atoms with Gasteiger partial charge in [0, 0.05) is 10.0 Å². The van der Waals surface area contributed by atoms with Crippen LogP contribution in [-0.2, 0) is 0 Å². The Morgan fingerprint density at radius 3 is 3.08 bits per heavy atom. The predicted octanol–water partition coefficient (Wildman–Crippen LogP) is 4.63. The highest BCUT2D eigenvalue weighted by Crippen LogP contribution is 2.23. The van der Waals surface area contributed by atoms with Crippen molar-refractivity contribution in [3.63, 3.8) is 0 Å². The molecule has 0 bridgehead atoms. The Balaban J connectivity index is 1.96. The normalized spacial score (nSPS) is 11.2. The van der Waals surface area contributed by atoms with E-state index in [9.17, 15) is 0 Å². The van der Waals surface area contributed by atoms with Crippen molar-refractivity contribution in [3.05, 3.63) is 51.4 Å². The van der Waals surface area contributed by atoms with E-state index in [0.717, 1.165) is 22.2 Å². The number of rotatable bonds is 6. The molecule has 2 heterocycles. The van der Waals surface area contributed by atoms with Gasteiger partial charge in [-0.05, 0) is 49.0 Å². The summed E-state index contributed by atoms with van der Waals surface area (Å²) in [6.45, 7) is 2.71. The van der Waals surface area contributed by atoms with Crippen LogP contribution in [0, 0.1) is 4.77 Å². The van der Waals surface area contributed by atoms with Crippen LogP contribution in [0.3, 0.4) is 0 Å². The maximum Gasteiger partial charge on any atom is 0.219 e. The summed E-state index contributed by atoms with van der Waals surface area (Å²) in [5.41, 5.74) is 0.839. The zero-order chi connectivity index (χ0) is 16.9. The lowest BCUT2D eigenvalue weighted by molar-refractivity contribution is 0.317. The lowest BCUT2D eigenvalue weighted by Crippen LogP contribution is -2.00. The maximum absolute atomic E-state index is 5.75. The largest absolute Gasteiger partial charge is 0.493 e. The van der Waals surface area contributed by atoms with Crippen LogP contribution in [-0.4, -0.2) is 27.7 Å². The molecule has 8 heteroatoms. The molecule has 3 rings (SSSR count). The van der Waals surface area contributed by atoms with Crippen molar-refractivity contribution >= 4 is 34.4 Å². The number of nitrogens with zero attached hydrogens (tertiary/aromatic N) is 3. The Morgan fingerprint density at radius 1 is 1.46 bits per heavy atom. The highest BCUT2D eigenvalue weighted by molar-refractivity contribution is 9.10. The molecule has 0 radical (unpaired) electrons. The van der Waals surface area contributed by atoms with Crippen molar-refractivity contribution in [2.24, 2.45) is 5.10 Å². The highest BCUT2D eigenvalue weighted by atomic mass is 79.9. The third-order valence-electron chi connectivity index (χ3n) is 3.14. The standard InChI is InChI=1S/C16H15BrN4O2S/c1-2-7-22-13-6-5-12(17)9-11(13)10-18-21-15(19-20-16(21)24)14-4-3-8-23-14/h3-6,8-10H,2,7H2,1H3,(H,20,24)/b18-10-. The number of benzene rings is 1. The summed E-state index contributed by atoms with van der Waals surface area (Å²) in [7, 11) is 0. The first-order valence-electron chi connectivity index (χ1n) is 7.37. The smallest absolute Gasteiger partial charge is 0.219 e. The second-order valence-electron chi connectivity index (χ2n) is 4.92. The SMILES string of the molecule is CCCOc1ccc(Br)cc1/C=N\n1c(-c2ccco2)n[nH]c1=S. The van der Waals surface area contributed by atoms with E-state index in [1.165, 1.54) is 4.68 Å². The van der Waals surface area contributed by atoms with Gasteiger partial charge in [0.25, 0.3) is 0 Å². The lowest BCUT2D eigenvalue weighted by Gasteiger charge is -2.08. The fourth-order valence-corrected chi connectivity index (χ4v) is 2.61. The number of nitrogens with one attached hydrogen (secondary N) is 1. The monoisotopic (exact) mass is 406 g/mol. The number of hydrogen-bond acceptors (Lipinski definition) is 5. The number of aromatic nitrogens is 3. The summed E-state index contributed by atoms with van der Waals surface area (Å²) in [6, 6.07) is 9.35. The Kier molecular flexibility index (Phi) is 5.27. The van der Waals surface area contributed by atoms with Gasteiger partial charge in [-0.2, -0.15) is 9.78 Å². The van der Waals surface area contributed by atoms with Gasteiger partial charge in [-0.15, -0.1) is 5.10 Å². The minimum atomic E-state index is 0.378. The van der Waals surface area contributed by atoms with Crippen LogP contribution in [0.4, 0.5) is 0 Å². The molecule has 2 aromatic heterocycles. The molecule has 0 amide bonds. The third-order valence-corrected chi connectivity index (χ3v) is 3.90. The summed E-state index contributed by atoms with van der Waals surface area (Å²) in [5, 5.41) is 11.3. The number of halogens is 1. The molecule has 3 aromatic rings. The lowest BCUT2D eigenvalue weighted by atomic mass is 10.2. The second-order valence-corrected chi connectivity index (χ2v) is 6.22. The summed E-state index contributed by atoms with van der Waals surface area (Å²) < 4.78 is 14.0. The second kappa shape index (κ2) is 7.59. The van der Waals surface area contributed by atoms with E-state index in [4.69, 9.17) is 21.4 Å². The number of furan rings is 1. The molecule has 24 heavy (non-hydrogen) atoms. The Morgan fingerprint density at radius 2 is 2.33 bits per heavy atom. The van der Waals surface area contributed by atoms with Crippen molar-refractivity contribution < 1.29 is 9.15 Å². The highest BCUT2D eigenvalue weighted by Gasteiger charge is 2.11. The Hall–Kier alpha value is -2.19. The summed E-state index contributed by atoms with van der Waals surface area (Å²) in [5.74, 6) is 1.85. The van der Waals surface area contributed by atoms with Crippen LogP contribution >= 0.6 is 28.1 Å². The number of ether oxygens (including phenoxy) is 1. The van der Waals surface area contributed by atoms with Crippen LogP contribution in [0.1, 0.15) is 18.9 Å². The molecule has 0 unspecified atom stereocenters. The van der Waals surface area contributed by atoms with Crippen molar-refractivity contribution in [2.75, 3.05) is 6.61 Å². The molecule has 1 aromatic carbocycles. The zero-order valence-corrected chi connectivity index (χ0v) is 15.3. The summed E-state index contributed by atoms with van der Waals surface area (Å²) in [6.07, 6.45) is 4.20. The fraction of sp³-hybridized carbons (Fsp3) is 0.188. The van der Waals surface area contributed by atoms with Crippen LogP contribution in [0.5, 0.6) is 5.75 Å². The van der Waals surface area contributed by atoms with Crippen LogP contribution in [0.15, 0.2) is 50.6 Å². The fourth-order valence-electron chi connectivity index (χ4n) is 2.05. The van der Waals surface area contributed by atoms with Gasteiger partial charge in [-0.3, -0.25) is 0 Å². The van der Waals surface area contributed by atoms with Gasteiger partial charge in [0.05, 0.1) is 19.1 Å². The van der Waals surface area contributed by atoms with E-state index in [1.807, 2.05) is 18.2 Å². The van der Waals surface area contributed by atoms with Crippen molar-refractivity contribution in [1.82, 2.24) is 14.9 Å². The molecule has 0 aliphatic carbocycles. The van der Waals surface area contributed by atoms with Crippen LogP contribution < -0.4 is 4.74 Å². The molecule has 0 saturated heterocycles. The van der Waals surface area contributed by atoms with E-state index in [2.05, 4.69) is 38.2 Å². The molecular weight excluding hydrogens is 392 g/mol. The summed E-state index contributed by atoms with van der Waals surface area (Å²) >= 11 is 8.71. The first-order valence-corrected chi connectivity index (χ1v) is 8.57. The molecular formula is C16H15BrN4O2S. The van der Waals surface area contributed by atoms with E-state index < -0.39 is 0 Å². The Bertz CT molecular complexity index is 899. The van der Waals surface area contributed by atoms with Gasteiger partial charge in [-0.1, -0.05) is 22.9 Å². The Labute approximate surface area is 152 Å². The zero-order valence-electron chi connectivity index (χ0n) is 12.9.